The Hall–Kier alpha value is -3.46. The fourth-order valence-corrected chi connectivity index (χ4v) is 4.28. The molecular weight excluding hydrogens is 422 g/mol. The van der Waals surface area contributed by atoms with Crippen molar-refractivity contribution in [3.8, 4) is 16.9 Å². The van der Waals surface area contributed by atoms with Gasteiger partial charge in [0, 0.05) is 58.1 Å². The van der Waals surface area contributed by atoms with Crippen molar-refractivity contribution >= 4 is 11.8 Å². The number of pyridine rings is 1. The molecule has 0 atom stereocenters. The second kappa shape index (κ2) is 8.82. The lowest BCUT2D eigenvalue weighted by molar-refractivity contribution is -0.134. The molecule has 5 rings (SSSR count). The number of amides is 2. The number of carbonyl (C=O) groups excluding carboxylic acids is 2. The third-order valence-electron chi connectivity index (χ3n) is 6.31. The lowest BCUT2D eigenvalue weighted by atomic mass is 10.1. The van der Waals surface area contributed by atoms with E-state index in [-0.39, 0.29) is 23.3 Å². The van der Waals surface area contributed by atoms with E-state index in [2.05, 4.69) is 5.10 Å². The van der Waals surface area contributed by atoms with Crippen LogP contribution in [-0.4, -0.2) is 75.9 Å². The molecule has 1 aromatic carbocycles. The first kappa shape index (κ1) is 21.4. The predicted molar refractivity (Wildman–Crippen MR) is 122 cm³/mol. The molecule has 172 valence electrons. The summed E-state index contributed by atoms with van der Waals surface area (Å²) < 4.78 is 8.34. The van der Waals surface area contributed by atoms with Crippen LogP contribution >= 0.6 is 0 Å². The summed E-state index contributed by atoms with van der Waals surface area (Å²) in [5.74, 6) is 0.209. The maximum atomic E-state index is 13.5. The van der Waals surface area contributed by atoms with Gasteiger partial charge < -0.3 is 19.1 Å². The first-order valence-corrected chi connectivity index (χ1v) is 11.3. The highest BCUT2D eigenvalue weighted by Crippen LogP contribution is 2.31. The molecule has 1 aliphatic carbocycles. The summed E-state index contributed by atoms with van der Waals surface area (Å²) in [6.45, 7) is 2.96. The highest BCUT2D eigenvalue weighted by Gasteiger charge is 2.36. The van der Waals surface area contributed by atoms with Crippen LogP contribution in [0.15, 0.2) is 47.5 Å². The lowest BCUT2D eigenvalue weighted by Gasteiger charge is -2.35. The van der Waals surface area contributed by atoms with Crippen molar-refractivity contribution < 1.29 is 14.3 Å². The summed E-state index contributed by atoms with van der Waals surface area (Å²) >= 11 is 0. The van der Waals surface area contributed by atoms with Gasteiger partial charge in [0.25, 0.3) is 11.5 Å². The highest BCUT2D eigenvalue weighted by molar-refractivity contribution is 6.00. The first-order chi connectivity index (χ1) is 16.1. The number of carbonyl (C=O) groups is 2. The number of fused-ring (bicyclic) bond motifs is 1. The number of methoxy groups -OCH3 is 1. The number of ether oxygens (including phenoxy) is 1. The molecule has 1 saturated heterocycles. The maximum Gasteiger partial charge on any atom is 0.282 e. The van der Waals surface area contributed by atoms with Crippen LogP contribution in [0.2, 0.25) is 0 Å². The zero-order valence-corrected chi connectivity index (χ0v) is 18.6. The number of para-hydroxylation sites is 1. The first-order valence-electron chi connectivity index (χ1n) is 11.3. The summed E-state index contributed by atoms with van der Waals surface area (Å²) in [6, 6.07) is 9.18. The van der Waals surface area contributed by atoms with Crippen LogP contribution in [0.5, 0.6) is 0 Å². The summed E-state index contributed by atoms with van der Waals surface area (Å²) in [5.41, 5.74) is 1.55. The Morgan fingerprint density at radius 1 is 1.03 bits per heavy atom. The highest BCUT2D eigenvalue weighted by atomic mass is 16.5. The predicted octanol–water partition coefficient (Wildman–Crippen LogP) is 1.48. The number of rotatable bonds is 6. The average Bonchev–Trinajstić information content (AvgIpc) is 3.66. The Labute approximate surface area is 191 Å². The van der Waals surface area contributed by atoms with E-state index in [9.17, 15) is 14.4 Å². The Bertz CT molecular complexity index is 1190. The van der Waals surface area contributed by atoms with Crippen molar-refractivity contribution in [3.63, 3.8) is 0 Å². The quantitative estimate of drug-likeness (QED) is 0.569. The van der Waals surface area contributed by atoms with Gasteiger partial charge in [-0.15, -0.1) is 0 Å². The van der Waals surface area contributed by atoms with Crippen molar-refractivity contribution in [2.45, 2.75) is 19.4 Å². The molecule has 3 aliphatic heterocycles. The Morgan fingerprint density at radius 3 is 2.39 bits per heavy atom. The normalized spacial score (nSPS) is 16.4. The lowest BCUT2D eigenvalue weighted by Crippen LogP contribution is -2.51. The van der Waals surface area contributed by atoms with Gasteiger partial charge in [-0.2, -0.15) is 9.78 Å². The molecule has 0 aromatic heterocycles. The molecule has 2 amide bonds. The van der Waals surface area contributed by atoms with E-state index < -0.39 is 0 Å². The van der Waals surface area contributed by atoms with Crippen molar-refractivity contribution in [2.75, 3.05) is 39.9 Å². The number of aromatic nitrogens is 3. The summed E-state index contributed by atoms with van der Waals surface area (Å²) in [7, 11) is 1.61. The molecule has 3 heterocycles. The van der Waals surface area contributed by atoms with E-state index in [0.717, 1.165) is 12.8 Å². The SMILES string of the molecule is COCCn1cc(C(=O)N2CCN(C(=O)C3CC3)CC2)c2nn(-c3ccccc3)c(=O)c-2c1. The molecule has 0 radical (unpaired) electrons. The standard InChI is InChI=1S/C24H27N5O4/c1-33-14-13-26-15-19(23(31)28-11-9-27(10-12-28)22(30)17-7-8-17)21-20(16-26)24(32)29(25-21)18-5-3-2-4-6-18/h2-6,15-17H,7-14H2,1H3. The van der Waals surface area contributed by atoms with Crippen molar-refractivity contribution in [1.29, 1.82) is 0 Å². The topological polar surface area (TPSA) is 89.7 Å². The minimum Gasteiger partial charge on any atom is -0.383 e. The number of piperazine rings is 1. The maximum absolute atomic E-state index is 13.5. The third-order valence-corrected chi connectivity index (χ3v) is 6.31. The Morgan fingerprint density at radius 2 is 1.73 bits per heavy atom. The van der Waals surface area contributed by atoms with Crippen LogP contribution in [0.3, 0.4) is 0 Å². The van der Waals surface area contributed by atoms with E-state index >= 15 is 0 Å². The van der Waals surface area contributed by atoms with Gasteiger partial charge in [-0.05, 0) is 25.0 Å². The van der Waals surface area contributed by atoms with E-state index in [0.29, 0.717) is 61.8 Å². The summed E-state index contributed by atoms with van der Waals surface area (Å²) in [5, 5.41) is 4.54. The molecule has 0 unspecified atom stereocenters. The molecule has 0 spiro atoms. The van der Waals surface area contributed by atoms with Gasteiger partial charge in [0.05, 0.1) is 23.4 Å². The second-order valence-corrected chi connectivity index (χ2v) is 8.61. The molecule has 0 N–H and O–H groups in total. The molecule has 1 saturated carbocycles. The van der Waals surface area contributed by atoms with Crippen molar-refractivity contribution in [1.82, 2.24) is 24.1 Å². The minimum absolute atomic E-state index is 0.178. The van der Waals surface area contributed by atoms with Crippen molar-refractivity contribution in [3.05, 3.63) is 58.6 Å². The van der Waals surface area contributed by atoms with Crippen LogP contribution in [0.4, 0.5) is 0 Å². The second-order valence-electron chi connectivity index (χ2n) is 8.61. The van der Waals surface area contributed by atoms with Gasteiger partial charge >= 0.3 is 0 Å². The zero-order chi connectivity index (χ0) is 22.9. The molecule has 9 heteroatoms. The van der Waals surface area contributed by atoms with Crippen molar-refractivity contribution in [2.24, 2.45) is 5.92 Å². The van der Waals surface area contributed by atoms with Gasteiger partial charge in [0.1, 0.15) is 5.69 Å². The van der Waals surface area contributed by atoms with Gasteiger partial charge in [0.15, 0.2) is 0 Å². The molecule has 4 aliphatic rings. The van der Waals surface area contributed by atoms with Crippen LogP contribution in [-0.2, 0) is 16.1 Å². The number of hydrogen-bond donors (Lipinski definition) is 0. The van der Waals surface area contributed by atoms with Gasteiger partial charge in [-0.1, -0.05) is 18.2 Å². The smallest absolute Gasteiger partial charge is 0.282 e. The summed E-state index contributed by atoms with van der Waals surface area (Å²) in [4.78, 5) is 42.7. The molecule has 33 heavy (non-hydrogen) atoms. The number of hydrogen-bond acceptors (Lipinski definition) is 5. The average molecular weight is 450 g/mol. The molecular formula is C24H27N5O4. The van der Waals surface area contributed by atoms with E-state index in [1.807, 2.05) is 39.8 Å². The Balaban J connectivity index is 1.47. The van der Waals surface area contributed by atoms with Gasteiger partial charge in [0.2, 0.25) is 5.91 Å². The largest absolute Gasteiger partial charge is 0.383 e. The molecule has 1 aromatic rings. The van der Waals surface area contributed by atoms with Gasteiger partial charge in [-0.3, -0.25) is 14.4 Å². The zero-order valence-electron chi connectivity index (χ0n) is 18.6. The van der Waals surface area contributed by atoms with Crippen LogP contribution in [0.1, 0.15) is 23.2 Å². The summed E-state index contributed by atoms with van der Waals surface area (Å²) in [6.07, 6.45) is 5.42. The van der Waals surface area contributed by atoms with Gasteiger partial charge in [-0.25, -0.2) is 0 Å². The van der Waals surface area contributed by atoms with Crippen LogP contribution in [0, 0.1) is 5.92 Å². The molecule has 0 bridgehead atoms. The monoisotopic (exact) mass is 449 g/mol. The number of nitrogens with zero attached hydrogens (tertiary/aromatic N) is 5. The Kier molecular flexibility index (Phi) is 5.72. The van der Waals surface area contributed by atoms with E-state index in [1.54, 1.807) is 24.4 Å². The third kappa shape index (κ3) is 4.16. The van der Waals surface area contributed by atoms with Crippen LogP contribution < -0.4 is 5.56 Å². The fraction of sp³-hybridized carbons (Fsp3) is 0.417. The molecule has 9 nitrogen and oxygen atoms in total. The molecule has 2 fully saturated rings. The van der Waals surface area contributed by atoms with E-state index in [1.165, 1.54) is 4.68 Å². The fourth-order valence-electron chi connectivity index (χ4n) is 4.28. The number of benzene rings is 1. The van der Waals surface area contributed by atoms with Crippen LogP contribution in [0.25, 0.3) is 16.9 Å². The van der Waals surface area contributed by atoms with E-state index in [4.69, 9.17) is 4.74 Å². The minimum atomic E-state index is -0.267.